The summed E-state index contributed by atoms with van der Waals surface area (Å²) in [5, 5.41) is 3.29. The minimum atomic E-state index is -0.149. The second kappa shape index (κ2) is 7.01. The van der Waals surface area contributed by atoms with Gasteiger partial charge in [0.2, 0.25) is 0 Å². The van der Waals surface area contributed by atoms with Crippen LogP contribution in [0, 0.1) is 12.7 Å². The minimum absolute atomic E-state index is 0.149. The number of nitrogens with one attached hydrogen (secondary N) is 1. The standard InChI is InChI=1S/C16H24FNO/c1-12-9-13(11-14(17)10-12)16(18-2)7-6-15-5-3-4-8-19-15/h9-11,15-16,18H,3-8H2,1-2H3. The lowest BCUT2D eigenvalue weighted by Crippen LogP contribution is -2.23. The highest BCUT2D eigenvalue weighted by Gasteiger charge is 2.17. The highest BCUT2D eigenvalue weighted by atomic mass is 19.1. The van der Waals surface area contributed by atoms with E-state index in [1.807, 2.05) is 14.0 Å². The molecule has 1 heterocycles. The Morgan fingerprint density at radius 2 is 2.21 bits per heavy atom. The molecule has 2 unspecified atom stereocenters. The molecule has 1 aliphatic rings. The van der Waals surface area contributed by atoms with Crippen LogP contribution in [0.25, 0.3) is 0 Å². The second-order valence-electron chi connectivity index (χ2n) is 5.47. The molecule has 1 N–H and O–H groups in total. The van der Waals surface area contributed by atoms with Crippen LogP contribution in [0.3, 0.4) is 0 Å². The first-order valence-corrected chi connectivity index (χ1v) is 7.25. The first kappa shape index (κ1) is 14.5. The summed E-state index contributed by atoms with van der Waals surface area (Å²) in [6.07, 6.45) is 6.05. The number of hydrogen-bond donors (Lipinski definition) is 1. The predicted molar refractivity (Wildman–Crippen MR) is 75.8 cm³/mol. The maximum absolute atomic E-state index is 13.5. The fourth-order valence-electron chi connectivity index (χ4n) is 2.83. The second-order valence-corrected chi connectivity index (χ2v) is 5.47. The molecule has 106 valence electrons. The van der Waals surface area contributed by atoms with Crippen molar-refractivity contribution in [1.29, 1.82) is 0 Å². The van der Waals surface area contributed by atoms with Crippen LogP contribution in [-0.4, -0.2) is 19.8 Å². The highest BCUT2D eigenvalue weighted by molar-refractivity contribution is 5.26. The fraction of sp³-hybridized carbons (Fsp3) is 0.625. The van der Waals surface area contributed by atoms with Crippen molar-refractivity contribution in [2.24, 2.45) is 0 Å². The highest BCUT2D eigenvalue weighted by Crippen LogP contribution is 2.24. The molecule has 0 aromatic heterocycles. The molecule has 0 saturated carbocycles. The fourth-order valence-corrected chi connectivity index (χ4v) is 2.83. The number of ether oxygens (including phenoxy) is 1. The van der Waals surface area contributed by atoms with Gasteiger partial charge < -0.3 is 10.1 Å². The van der Waals surface area contributed by atoms with Crippen molar-refractivity contribution in [3.63, 3.8) is 0 Å². The van der Waals surface area contributed by atoms with Crippen molar-refractivity contribution in [3.05, 3.63) is 35.1 Å². The maximum atomic E-state index is 13.5. The van der Waals surface area contributed by atoms with Crippen molar-refractivity contribution in [2.75, 3.05) is 13.7 Å². The van der Waals surface area contributed by atoms with E-state index in [0.717, 1.165) is 30.6 Å². The summed E-state index contributed by atoms with van der Waals surface area (Å²) in [5.74, 6) is -0.149. The van der Waals surface area contributed by atoms with Gasteiger partial charge in [-0.2, -0.15) is 0 Å². The summed E-state index contributed by atoms with van der Waals surface area (Å²) in [6.45, 7) is 2.83. The molecule has 1 fully saturated rings. The van der Waals surface area contributed by atoms with Gasteiger partial charge in [-0.25, -0.2) is 4.39 Å². The van der Waals surface area contributed by atoms with Crippen molar-refractivity contribution in [3.8, 4) is 0 Å². The lowest BCUT2D eigenvalue weighted by molar-refractivity contribution is 0.00866. The average Bonchev–Trinajstić information content (AvgIpc) is 2.39. The average molecular weight is 265 g/mol. The molecule has 0 radical (unpaired) electrons. The predicted octanol–water partition coefficient (Wildman–Crippen LogP) is 3.74. The topological polar surface area (TPSA) is 21.3 Å². The quantitative estimate of drug-likeness (QED) is 0.875. The number of hydrogen-bond acceptors (Lipinski definition) is 2. The lowest BCUT2D eigenvalue weighted by Gasteiger charge is -2.25. The summed E-state index contributed by atoms with van der Waals surface area (Å²) >= 11 is 0. The first-order valence-electron chi connectivity index (χ1n) is 7.25. The van der Waals surface area contributed by atoms with Gasteiger partial charge in [-0.3, -0.25) is 0 Å². The summed E-state index contributed by atoms with van der Waals surface area (Å²) < 4.78 is 19.2. The van der Waals surface area contributed by atoms with Gasteiger partial charge >= 0.3 is 0 Å². The van der Waals surface area contributed by atoms with E-state index in [9.17, 15) is 4.39 Å². The zero-order chi connectivity index (χ0) is 13.7. The van der Waals surface area contributed by atoms with Crippen molar-refractivity contribution in [1.82, 2.24) is 5.32 Å². The monoisotopic (exact) mass is 265 g/mol. The van der Waals surface area contributed by atoms with E-state index in [0.29, 0.717) is 6.10 Å². The van der Waals surface area contributed by atoms with E-state index >= 15 is 0 Å². The Hall–Kier alpha value is -0.930. The van der Waals surface area contributed by atoms with Crippen molar-refractivity contribution < 1.29 is 9.13 Å². The molecule has 1 aromatic carbocycles. The molecular weight excluding hydrogens is 241 g/mol. The summed E-state index contributed by atoms with van der Waals surface area (Å²) in [7, 11) is 1.94. The molecule has 1 aromatic rings. The third-order valence-corrected chi connectivity index (χ3v) is 3.87. The van der Waals surface area contributed by atoms with Gasteiger partial charge in [-0.1, -0.05) is 6.07 Å². The number of rotatable bonds is 5. The molecule has 0 aliphatic carbocycles. The van der Waals surface area contributed by atoms with Crippen LogP contribution in [0.4, 0.5) is 4.39 Å². The van der Waals surface area contributed by atoms with E-state index in [2.05, 4.69) is 11.4 Å². The maximum Gasteiger partial charge on any atom is 0.123 e. The normalized spacial score (nSPS) is 21.3. The largest absolute Gasteiger partial charge is 0.378 e. The number of aryl methyl sites for hydroxylation is 1. The lowest BCUT2D eigenvalue weighted by atomic mass is 9.96. The number of benzene rings is 1. The van der Waals surface area contributed by atoms with Crippen molar-refractivity contribution in [2.45, 2.75) is 51.2 Å². The Balaban J connectivity index is 1.95. The van der Waals surface area contributed by atoms with E-state index in [1.54, 1.807) is 12.1 Å². The molecule has 3 heteroatoms. The molecule has 2 atom stereocenters. The van der Waals surface area contributed by atoms with Gasteiger partial charge in [-0.05, 0) is 69.3 Å². The molecule has 0 bridgehead atoms. The van der Waals surface area contributed by atoms with Gasteiger partial charge in [-0.15, -0.1) is 0 Å². The molecule has 1 saturated heterocycles. The summed E-state index contributed by atoms with van der Waals surface area (Å²) in [4.78, 5) is 0. The smallest absolute Gasteiger partial charge is 0.123 e. The van der Waals surface area contributed by atoms with Crippen LogP contribution in [0.15, 0.2) is 18.2 Å². The molecule has 0 amide bonds. The zero-order valence-corrected chi connectivity index (χ0v) is 11.9. The van der Waals surface area contributed by atoms with Crippen LogP contribution in [-0.2, 0) is 4.74 Å². The molecule has 2 nitrogen and oxygen atoms in total. The van der Waals surface area contributed by atoms with Crippen LogP contribution in [0.2, 0.25) is 0 Å². The molecule has 0 spiro atoms. The summed E-state index contributed by atoms with van der Waals surface area (Å²) in [6, 6.07) is 5.47. The SMILES string of the molecule is CNC(CCC1CCCCO1)c1cc(C)cc(F)c1. The zero-order valence-electron chi connectivity index (χ0n) is 11.9. The molecule has 1 aliphatic heterocycles. The Labute approximate surface area is 115 Å². The third-order valence-electron chi connectivity index (χ3n) is 3.87. The molecule has 2 rings (SSSR count). The van der Waals surface area contributed by atoms with E-state index < -0.39 is 0 Å². The Kier molecular flexibility index (Phi) is 5.34. The van der Waals surface area contributed by atoms with E-state index in [-0.39, 0.29) is 11.9 Å². The number of halogens is 1. The molecular formula is C16H24FNO. The third kappa shape index (κ3) is 4.29. The van der Waals surface area contributed by atoms with Gasteiger partial charge in [0.1, 0.15) is 5.82 Å². The van der Waals surface area contributed by atoms with Crippen molar-refractivity contribution >= 4 is 0 Å². The van der Waals surface area contributed by atoms with E-state index in [4.69, 9.17) is 4.74 Å². The molecule has 19 heavy (non-hydrogen) atoms. The Bertz CT molecular complexity index is 381. The summed E-state index contributed by atoms with van der Waals surface area (Å²) in [5.41, 5.74) is 2.01. The Morgan fingerprint density at radius 3 is 2.84 bits per heavy atom. The van der Waals surface area contributed by atoms with Gasteiger partial charge in [0.25, 0.3) is 0 Å². The van der Waals surface area contributed by atoms with Crippen LogP contribution in [0.1, 0.15) is 49.3 Å². The Morgan fingerprint density at radius 1 is 1.37 bits per heavy atom. The van der Waals surface area contributed by atoms with E-state index in [1.165, 1.54) is 19.3 Å². The first-order chi connectivity index (χ1) is 9.19. The van der Waals surface area contributed by atoms with Gasteiger partial charge in [0, 0.05) is 12.6 Å². The van der Waals surface area contributed by atoms with Gasteiger partial charge in [0.15, 0.2) is 0 Å². The minimum Gasteiger partial charge on any atom is -0.378 e. The van der Waals surface area contributed by atoms with Crippen LogP contribution >= 0.6 is 0 Å². The van der Waals surface area contributed by atoms with Crippen LogP contribution in [0.5, 0.6) is 0 Å². The van der Waals surface area contributed by atoms with Gasteiger partial charge in [0.05, 0.1) is 6.10 Å². The van der Waals surface area contributed by atoms with Crippen LogP contribution < -0.4 is 5.32 Å².